The fraction of sp³-hybridized carbons (Fsp3) is 0.417. The van der Waals surface area contributed by atoms with E-state index in [9.17, 15) is 4.79 Å². The van der Waals surface area contributed by atoms with Crippen LogP contribution in [0.2, 0.25) is 0 Å². The van der Waals surface area contributed by atoms with E-state index in [-0.39, 0.29) is 11.5 Å². The Labute approximate surface area is 99.1 Å². The Hall–Kier alpha value is -1.91. The summed E-state index contributed by atoms with van der Waals surface area (Å²) in [6, 6.07) is 3.22. The lowest BCUT2D eigenvalue weighted by Crippen LogP contribution is -2.03. The fourth-order valence-corrected chi connectivity index (χ4v) is 1.93. The van der Waals surface area contributed by atoms with Crippen LogP contribution in [-0.4, -0.2) is 25.7 Å². The summed E-state index contributed by atoms with van der Waals surface area (Å²) in [6.45, 7) is 4.19. The fourth-order valence-electron chi connectivity index (χ4n) is 1.93. The van der Waals surface area contributed by atoms with Crippen molar-refractivity contribution >= 4 is 11.6 Å². The smallest absolute Gasteiger partial charge is 0.337 e. The number of nitrogens with zero attached hydrogens (tertiary/aromatic N) is 3. The average molecular weight is 233 g/mol. The number of fused-ring (bicyclic) bond motifs is 1. The molecule has 2 aromatic heterocycles. The summed E-state index contributed by atoms with van der Waals surface area (Å²) in [5.41, 5.74) is 0.940. The maximum absolute atomic E-state index is 10.9. The minimum atomic E-state index is -0.935. The van der Waals surface area contributed by atoms with Crippen molar-refractivity contribution in [2.75, 3.05) is 0 Å². The van der Waals surface area contributed by atoms with Crippen LogP contribution in [0.25, 0.3) is 5.65 Å². The first kappa shape index (κ1) is 11.6. The van der Waals surface area contributed by atoms with Gasteiger partial charge in [0.2, 0.25) is 0 Å². The van der Waals surface area contributed by atoms with Crippen molar-refractivity contribution in [3.63, 3.8) is 0 Å². The van der Waals surface area contributed by atoms with E-state index in [4.69, 9.17) is 5.11 Å². The van der Waals surface area contributed by atoms with Crippen LogP contribution in [0.15, 0.2) is 18.3 Å². The van der Waals surface area contributed by atoms with Gasteiger partial charge in [-0.3, -0.25) is 4.40 Å². The Morgan fingerprint density at radius 2 is 2.24 bits per heavy atom. The molecule has 0 fully saturated rings. The second kappa shape index (κ2) is 4.53. The maximum Gasteiger partial charge on any atom is 0.337 e. The SMILES string of the molecule is CCCC(C)c1nnc2ccc(C(=O)O)cn12. The number of carboxylic acids is 1. The van der Waals surface area contributed by atoms with Gasteiger partial charge in [0, 0.05) is 12.1 Å². The second-order valence-electron chi connectivity index (χ2n) is 4.20. The van der Waals surface area contributed by atoms with Gasteiger partial charge >= 0.3 is 5.97 Å². The molecule has 0 bridgehead atoms. The van der Waals surface area contributed by atoms with Crippen molar-refractivity contribution < 1.29 is 9.90 Å². The molecule has 2 aromatic rings. The highest BCUT2D eigenvalue weighted by Gasteiger charge is 2.14. The quantitative estimate of drug-likeness (QED) is 0.880. The van der Waals surface area contributed by atoms with Crippen LogP contribution in [0.4, 0.5) is 0 Å². The van der Waals surface area contributed by atoms with Gasteiger partial charge in [0.1, 0.15) is 5.82 Å². The molecule has 1 unspecified atom stereocenters. The first-order valence-corrected chi connectivity index (χ1v) is 5.71. The van der Waals surface area contributed by atoms with Crippen molar-refractivity contribution in [3.05, 3.63) is 29.7 Å². The Morgan fingerprint density at radius 1 is 1.47 bits per heavy atom. The molecular formula is C12H15N3O2. The highest BCUT2D eigenvalue weighted by atomic mass is 16.4. The van der Waals surface area contributed by atoms with E-state index in [1.54, 1.807) is 22.7 Å². The zero-order chi connectivity index (χ0) is 12.4. The molecule has 5 heteroatoms. The summed E-state index contributed by atoms with van der Waals surface area (Å²) >= 11 is 0. The Balaban J connectivity index is 2.50. The zero-order valence-corrected chi connectivity index (χ0v) is 9.92. The van der Waals surface area contributed by atoms with Crippen LogP contribution >= 0.6 is 0 Å². The molecule has 5 nitrogen and oxygen atoms in total. The number of pyridine rings is 1. The number of carboxylic acid groups (broad SMARTS) is 1. The van der Waals surface area contributed by atoms with Gasteiger partial charge in [-0.25, -0.2) is 4.79 Å². The van der Waals surface area contributed by atoms with Gasteiger partial charge in [-0.2, -0.15) is 0 Å². The van der Waals surface area contributed by atoms with Crippen molar-refractivity contribution in [2.45, 2.75) is 32.6 Å². The molecule has 0 aliphatic carbocycles. The van der Waals surface area contributed by atoms with Crippen LogP contribution in [0, 0.1) is 0 Å². The molecule has 0 amide bonds. The van der Waals surface area contributed by atoms with Gasteiger partial charge in [-0.1, -0.05) is 20.3 Å². The van der Waals surface area contributed by atoms with Crippen LogP contribution in [0.5, 0.6) is 0 Å². The molecule has 0 radical (unpaired) electrons. The normalized spacial score (nSPS) is 12.8. The predicted octanol–water partition coefficient (Wildman–Crippen LogP) is 2.33. The molecular weight excluding hydrogens is 218 g/mol. The van der Waals surface area contributed by atoms with E-state index in [0.29, 0.717) is 5.65 Å². The maximum atomic E-state index is 10.9. The minimum absolute atomic E-state index is 0.252. The number of carbonyl (C=O) groups is 1. The van der Waals surface area contributed by atoms with E-state index >= 15 is 0 Å². The molecule has 1 atom stereocenters. The molecule has 0 aromatic carbocycles. The highest BCUT2D eigenvalue weighted by Crippen LogP contribution is 2.19. The first-order chi connectivity index (χ1) is 8.13. The molecule has 17 heavy (non-hydrogen) atoms. The van der Waals surface area contributed by atoms with Gasteiger partial charge in [0.05, 0.1) is 5.56 Å². The van der Waals surface area contributed by atoms with E-state index in [0.717, 1.165) is 18.7 Å². The monoisotopic (exact) mass is 233 g/mol. The van der Waals surface area contributed by atoms with Crippen LogP contribution in [-0.2, 0) is 0 Å². The Morgan fingerprint density at radius 3 is 2.88 bits per heavy atom. The zero-order valence-electron chi connectivity index (χ0n) is 9.92. The Kier molecular flexibility index (Phi) is 3.08. The van der Waals surface area contributed by atoms with Crippen LogP contribution < -0.4 is 0 Å². The van der Waals surface area contributed by atoms with Crippen LogP contribution in [0.1, 0.15) is 48.8 Å². The van der Waals surface area contributed by atoms with E-state index < -0.39 is 5.97 Å². The highest BCUT2D eigenvalue weighted by molar-refractivity contribution is 5.87. The van der Waals surface area contributed by atoms with Gasteiger partial charge in [-0.05, 0) is 18.6 Å². The van der Waals surface area contributed by atoms with E-state index in [2.05, 4.69) is 24.0 Å². The lowest BCUT2D eigenvalue weighted by atomic mass is 10.1. The lowest BCUT2D eigenvalue weighted by molar-refractivity contribution is 0.0696. The molecule has 90 valence electrons. The number of hydrogen-bond donors (Lipinski definition) is 1. The van der Waals surface area contributed by atoms with Gasteiger partial charge in [-0.15, -0.1) is 10.2 Å². The van der Waals surface area contributed by atoms with Crippen LogP contribution in [0.3, 0.4) is 0 Å². The first-order valence-electron chi connectivity index (χ1n) is 5.71. The lowest BCUT2D eigenvalue weighted by Gasteiger charge is -2.07. The predicted molar refractivity (Wildman–Crippen MR) is 63.3 cm³/mol. The summed E-state index contributed by atoms with van der Waals surface area (Å²) in [4.78, 5) is 10.9. The summed E-state index contributed by atoms with van der Waals surface area (Å²) in [5.74, 6) is 0.165. The largest absolute Gasteiger partial charge is 0.478 e. The van der Waals surface area contributed by atoms with Crippen molar-refractivity contribution in [1.29, 1.82) is 0 Å². The molecule has 1 N–H and O–H groups in total. The Bertz CT molecular complexity index is 548. The standard InChI is InChI=1S/C12H15N3O2/c1-3-4-8(2)11-14-13-10-6-5-9(12(16)17)7-15(10)11/h5-8H,3-4H2,1-2H3,(H,16,17). The third-order valence-electron chi connectivity index (χ3n) is 2.84. The summed E-state index contributed by atoms with van der Waals surface area (Å²) in [5, 5.41) is 17.1. The van der Waals surface area contributed by atoms with Crippen molar-refractivity contribution in [3.8, 4) is 0 Å². The van der Waals surface area contributed by atoms with Crippen molar-refractivity contribution in [2.24, 2.45) is 0 Å². The van der Waals surface area contributed by atoms with Gasteiger partial charge in [0.15, 0.2) is 5.65 Å². The minimum Gasteiger partial charge on any atom is -0.478 e. The second-order valence-corrected chi connectivity index (χ2v) is 4.20. The van der Waals surface area contributed by atoms with Gasteiger partial charge < -0.3 is 5.11 Å². The van der Waals surface area contributed by atoms with E-state index in [1.165, 1.54) is 0 Å². The van der Waals surface area contributed by atoms with Gasteiger partial charge in [0.25, 0.3) is 0 Å². The summed E-state index contributed by atoms with van der Waals surface area (Å²) < 4.78 is 1.77. The topological polar surface area (TPSA) is 67.5 Å². The molecule has 2 rings (SSSR count). The number of aromatic nitrogens is 3. The molecule has 0 aliphatic heterocycles. The third kappa shape index (κ3) is 2.13. The molecule has 0 saturated carbocycles. The summed E-state index contributed by atoms with van der Waals surface area (Å²) in [6.07, 6.45) is 3.66. The number of aromatic carboxylic acids is 1. The average Bonchev–Trinajstić information content (AvgIpc) is 2.71. The number of rotatable bonds is 4. The third-order valence-corrected chi connectivity index (χ3v) is 2.84. The molecule has 0 aliphatic rings. The number of hydrogen-bond acceptors (Lipinski definition) is 3. The molecule has 0 saturated heterocycles. The van der Waals surface area contributed by atoms with Crippen molar-refractivity contribution in [1.82, 2.24) is 14.6 Å². The molecule has 2 heterocycles. The van der Waals surface area contributed by atoms with E-state index in [1.807, 2.05) is 0 Å². The molecule has 0 spiro atoms. The summed E-state index contributed by atoms with van der Waals surface area (Å²) in [7, 11) is 0.